The maximum atomic E-state index is 2.25. The first-order chi connectivity index (χ1) is 4.84. The van der Waals surface area contributed by atoms with Crippen molar-refractivity contribution < 1.29 is 0 Å². The van der Waals surface area contributed by atoms with Gasteiger partial charge in [0.05, 0.1) is 0 Å². The SMILES string of the molecule is CCCC1=C(C)SCCS1. The van der Waals surface area contributed by atoms with Gasteiger partial charge in [-0.1, -0.05) is 13.3 Å². The van der Waals surface area contributed by atoms with E-state index in [-0.39, 0.29) is 0 Å². The van der Waals surface area contributed by atoms with Gasteiger partial charge in [0.1, 0.15) is 0 Å². The van der Waals surface area contributed by atoms with E-state index < -0.39 is 0 Å². The maximum Gasteiger partial charge on any atom is 0.00715 e. The zero-order valence-corrected chi connectivity index (χ0v) is 8.28. The van der Waals surface area contributed by atoms with Crippen molar-refractivity contribution in [2.75, 3.05) is 11.5 Å². The molecule has 0 amide bonds. The summed E-state index contributed by atoms with van der Waals surface area (Å²) in [4.78, 5) is 3.21. The standard InChI is InChI=1S/C8H14S2/c1-3-4-8-7(2)9-5-6-10-8/h3-6H2,1-2H3. The second-order valence-corrected chi connectivity index (χ2v) is 4.93. The van der Waals surface area contributed by atoms with E-state index in [4.69, 9.17) is 0 Å². The Morgan fingerprint density at radius 1 is 1.30 bits per heavy atom. The average Bonchev–Trinajstić information content (AvgIpc) is 1.94. The van der Waals surface area contributed by atoms with Crippen LogP contribution in [0.5, 0.6) is 0 Å². The highest BCUT2D eigenvalue weighted by atomic mass is 32.2. The first kappa shape index (κ1) is 8.54. The molecule has 0 aromatic heterocycles. The molecule has 0 bridgehead atoms. The van der Waals surface area contributed by atoms with Crippen LogP contribution in [0.3, 0.4) is 0 Å². The van der Waals surface area contributed by atoms with E-state index in [1.165, 1.54) is 24.3 Å². The molecule has 58 valence electrons. The number of thioether (sulfide) groups is 2. The smallest absolute Gasteiger partial charge is 0.00715 e. The zero-order chi connectivity index (χ0) is 7.40. The second kappa shape index (κ2) is 4.35. The summed E-state index contributed by atoms with van der Waals surface area (Å²) in [6, 6.07) is 0. The third kappa shape index (κ3) is 2.24. The van der Waals surface area contributed by atoms with E-state index in [1.54, 1.807) is 9.81 Å². The molecular formula is C8H14S2. The molecular weight excluding hydrogens is 160 g/mol. The van der Waals surface area contributed by atoms with Gasteiger partial charge in [0.15, 0.2) is 0 Å². The van der Waals surface area contributed by atoms with Crippen LogP contribution in [0.15, 0.2) is 9.81 Å². The van der Waals surface area contributed by atoms with Gasteiger partial charge < -0.3 is 0 Å². The number of allylic oxidation sites excluding steroid dienone is 2. The Hall–Kier alpha value is 0.440. The van der Waals surface area contributed by atoms with Crippen LogP contribution in [0.2, 0.25) is 0 Å². The lowest BCUT2D eigenvalue weighted by molar-refractivity contribution is 0.942. The van der Waals surface area contributed by atoms with Crippen LogP contribution in [0.4, 0.5) is 0 Å². The number of hydrogen-bond donors (Lipinski definition) is 0. The molecule has 1 aliphatic heterocycles. The molecule has 10 heavy (non-hydrogen) atoms. The Balaban J connectivity index is 2.50. The highest BCUT2D eigenvalue weighted by Crippen LogP contribution is 2.35. The molecule has 0 spiro atoms. The summed E-state index contributed by atoms with van der Waals surface area (Å²) in [5.74, 6) is 2.63. The van der Waals surface area contributed by atoms with Crippen LogP contribution in [-0.4, -0.2) is 11.5 Å². The normalized spacial score (nSPS) is 19.8. The lowest BCUT2D eigenvalue weighted by atomic mass is 10.3. The highest BCUT2D eigenvalue weighted by molar-refractivity contribution is 8.09. The first-order valence-electron chi connectivity index (χ1n) is 3.80. The van der Waals surface area contributed by atoms with Crippen LogP contribution in [0.25, 0.3) is 0 Å². The van der Waals surface area contributed by atoms with E-state index in [2.05, 4.69) is 25.6 Å². The van der Waals surface area contributed by atoms with Crippen molar-refractivity contribution in [2.24, 2.45) is 0 Å². The predicted octanol–water partition coefficient (Wildman–Crippen LogP) is 3.50. The van der Waals surface area contributed by atoms with E-state index >= 15 is 0 Å². The summed E-state index contributed by atoms with van der Waals surface area (Å²) in [5, 5.41) is 0. The molecule has 0 fully saturated rings. The summed E-state index contributed by atoms with van der Waals surface area (Å²) in [6.07, 6.45) is 2.59. The van der Waals surface area contributed by atoms with Crippen LogP contribution >= 0.6 is 23.5 Å². The summed E-state index contributed by atoms with van der Waals surface area (Å²) >= 11 is 4.08. The molecule has 1 aliphatic rings. The van der Waals surface area contributed by atoms with Crippen molar-refractivity contribution in [1.82, 2.24) is 0 Å². The summed E-state index contributed by atoms with van der Waals surface area (Å²) in [7, 11) is 0. The molecule has 0 aromatic rings. The second-order valence-electron chi connectivity index (χ2n) is 2.43. The molecule has 0 unspecified atom stereocenters. The zero-order valence-electron chi connectivity index (χ0n) is 6.64. The predicted molar refractivity (Wildman–Crippen MR) is 52.5 cm³/mol. The van der Waals surface area contributed by atoms with Crippen LogP contribution in [-0.2, 0) is 0 Å². The molecule has 0 aromatic carbocycles. The molecule has 0 saturated carbocycles. The topological polar surface area (TPSA) is 0 Å². The van der Waals surface area contributed by atoms with Crippen LogP contribution in [0.1, 0.15) is 26.7 Å². The lowest BCUT2D eigenvalue weighted by Crippen LogP contribution is -1.94. The maximum absolute atomic E-state index is 2.25. The van der Waals surface area contributed by atoms with Gasteiger partial charge in [-0.15, -0.1) is 23.5 Å². The Bertz CT molecular complexity index is 138. The Kier molecular flexibility index (Phi) is 3.71. The van der Waals surface area contributed by atoms with Gasteiger partial charge in [0.25, 0.3) is 0 Å². The van der Waals surface area contributed by atoms with Crippen molar-refractivity contribution in [2.45, 2.75) is 26.7 Å². The minimum atomic E-state index is 1.29. The monoisotopic (exact) mass is 174 g/mol. The van der Waals surface area contributed by atoms with Crippen molar-refractivity contribution in [1.29, 1.82) is 0 Å². The molecule has 0 nitrogen and oxygen atoms in total. The third-order valence-corrected chi connectivity index (χ3v) is 4.29. The van der Waals surface area contributed by atoms with Crippen LogP contribution in [0, 0.1) is 0 Å². The third-order valence-electron chi connectivity index (χ3n) is 1.55. The van der Waals surface area contributed by atoms with Gasteiger partial charge >= 0.3 is 0 Å². The van der Waals surface area contributed by atoms with E-state index in [0.717, 1.165) is 0 Å². The highest BCUT2D eigenvalue weighted by Gasteiger charge is 2.08. The summed E-state index contributed by atoms with van der Waals surface area (Å²) in [5.41, 5.74) is 0. The fourth-order valence-electron chi connectivity index (χ4n) is 1.02. The van der Waals surface area contributed by atoms with Crippen molar-refractivity contribution in [3.05, 3.63) is 9.81 Å². The Morgan fingerprint density at radius 3 is 2.60 bits per heavy atom. The van der Waals surface area contributed by atoms with Crippen molar-refractivity contribution in [3.63, 3.8) is 0 Å². The molecule has 1 rings (SSSR count). The van der Waals surface area contributed by atoms with Gasteiger partial charge in [0.2, 0.25) is 0 Å². The molecule has 0 aliphatic carbocycles. The fraction of sp³-hybridized carbons (Fsp3) is 0.750. The van der Waals surface area contributed by atoms with Crippen molar-refractivity contribution in [3.8, 4) is 0 Å². The minimum absolute atomic E-state index is 1.29. The molecule has 0 radical (unpaired) electrons. The quantitative estimate of drug-likeness (QED) is 0.628. The number of rotatable bonds is 2. The van der Waals surface area contributed by atoms with Crippen molar-refractivity contribution >= 4 is 23.5 Å². The Labute approximate surface area is 71.8 Å². The van der Waals surface area contributed by atoms with E-state index in [9.17, 15) is 0 Å². The molecule has 2 heteroatoms. The van der Waals surface area contributed by atoms with Gasteiger partial charge in [-0.2, -0.15) is 0 Å². The molecule has 1 heterocycles. The Morgan fingerprint density at radius 2 is 2.00 bits per heavy atom. The fourth-order valence-corrected chi connectivity index (χ4v) is 3.40. The van der Waals surface area contributed by atoms with Crippen LogP contribution < -0.4 is 0 Å². The lowest BCUT2D eigenvalue weighted by Gasteiger charge is -2.15. The molecule has 0 N–H and O–H groups in total. The summed E-state index contributed by atoms with van der Waals surface area (Å²) in [6.45, 7) is 4.50. The van der Waals surface area contributed by atoms with Gasteiger partial charge in [-0.25, -0.2) is 0 Å². The van der Waals surface area contributed by atoms with Gasteiger partial charge in [0, 0.05) is 11.5 Å². The molecule has 0 atom stereocenters. The average molecular weight is 174 g/mol. The molecule has 0 saturated heterocycles. The summed E-state index contributed by atoms with van der Waals surface area (Å²) < 4.78 is 0. The van der Waals surface area contributed by atoms with Gasteiger partial charge in [-0.3, -0.25) is 0 Å². The van der Waals surface area contributed by atoms with Gasteiger partial charge in [-0.05, 0) is 23.2 Å². The largest absolute Gasteiger partial charge is 0.129 e. The number of hydrogen-bond acceptors (Lipinski definition) is 2. The first-order valence-corrected chi connectivity index (χ1v) is 5.77. The van der Waals surface area contributed by atoms with E-state index in [1.807, 2.05) is 11.8 Å². The van der Waals surface area contributed by atoms with E-state index in [0.29, 0.717) is 0 Å². The minimum Gasteiger partial charge on any atom is -0.129 e.